The van der Waals surface area contributed by atoms with Crippen LogP contribution < -0.4 is 0 Å². The molecule has 8 aromatic carbocycles. The van der Waals surface area contributed by atoms with Crippen molar-refractivity contribution in [1.82, 2.24) is 4.90 Å². The molecule has 0 spiro atoms. The summed E-state index contributed by atoms with van der Waals surface area (Å²) < 4.78 is 0. The van der Waals surface area contributed by atoms with Crippen molar-refractivity contribution in [3.63, 3.8) is 0 Å². The molecule has 0 amide bonds. The summed E-state index contributed by atoms with van der Waals surface area (Å²) in [6.45, 7) is 0. The van der Waals surface area contributed by atoms with Gasteiger partial charge in [-0.25, -0.2) is 9.98 Å². The summed E-state index contributed by atoms with van der Waals surface area (Å²) in [5.74, 6) is 1.58. The van der Waals surface area contributed by atoms with Crippen LogP contribution in [-0.2, 0) is 0 Å². The van der Waals surface area contributed by atoms with E-state index in [-0.39, 0.29) is 6.17 Å². The number of aliphatic imine (C=N–C) groups is 2. The quantitative estimate of drug-likeness (QED) is 0.126. The van der Waals surface area contributed by atoms with Crippen LogP contribution in [-0.4, -0.2) is 35.0 Å². The summed E-state index contributed by atoms with van der Waals surface area (Å²) in [4.78, 5) is 12.5. The summed E-state index contributed by atoms with van der Waals surface area (Å²) in [6.07, 6.45) is 3.10. The van der Waals surface area contributed by atoms with Gasteiger partial charge in [0.2, 0.25) is 0 Å². The van der Waals surface area contributed by atoms with Crippen molar-refractivity contribution in [2.45, 2.75) is 6.17 Å². The summed E-state index contributed by atoms with van der Waals surface area (Å²) in [7, 11) is 2.07. The highest BCUT2D eigenvalue weighted by atomic mass is 15.3. The molecule has 0 radical (unpaired) electrons. The zero-order valence-electron chi connectivity index (χ0n) is 33.8. The molecule has 0 saturated heterocycles. The Morgan fingerprint density at radius 2 is 0.820 bits per heavy atom. The molecule has 5 nitrogen and oxygen atoms in total. The third-order valence-electron chi connectivity index (χ3n) is 11.1. The fraction of sp³-hybridized carbons (Fsp3) is 0.0357. The second-order valence-electron chi connectivity index (χ2n) is 15.0. The Kier molecular flexibility index (Phi) is 11.0. The van der Waals surface area contributed by atoms with E-state index in [2.05, 4.69) is 145 Å². The normalized spacial score (nSPS) is 13.7. The lowest BCUT2D eigenvalue weighted by Crippen LogP contribution is -2.35. The van der Waals surface area contributed by atoms with Crippen molar-refractivity contribution in [2.75, 3.05) is 7.05 Å². The predicted molar refractivity (Wildman–Crippen MR) is 254 cm³/mol. The molecular weight excluding hydrogens is 743 g/mol. The van der Waals surface area contributed by atoms with Gasteiger partial charge in [0, 0.05) is 18.2 Å². The standard InChI is InChI=1S/C56H43N5/c1-61-55(46-25-15-6-16-26-46)59-54(45-23-13-5-14-24-45)60-56(61)47-33-31-44(32-34-47)53-49(40-19-9-3-10-20-40)36-35-48(39-17-7-2-8-18-39)52(53)43-29-27-42(28-30-43)51(58)38-37-50(57)41-21-11-4-12-22-41/h2-38,56-58H,1H3/b38-37-,57-50?,58-51?. The second-order valence-corrected chi connectivity index (χ2v) is 15.0. The van der Waals surface area contributed by atoms with E-state index >= 15 is 0 Å². The van der Waals surface area contributed by atoms with Crippen molar-refractivity contribution in [3.05, 3.63) is 252 Å². The van der Waals surface area contributed by atoms with Crippen molar-refractivity contribution in [2.24, 2.45) is 9.98 Å². The van der Waals surface area contributed by atoms with E-state index in [1.165, 1.54) is 0 Å². The van der Waals surface area contributed by atoms with Crippen LogP contribution in [0.5, 0.6) is 0 Å². The van der Waals surface area contributed by atoms with Crippen LogP contribution in [0.2, 0.25) is 0 Å². The van der Waals surface area contributed by atoms with E-state index in [0.29, 0.717) is 17.3 Å². The number of amidine groups is 2. The van der Waals surface area contributed by atoms with E-state index in [1.807, 2.05) is 78.9 Å². The number of allylic oxidation sites excluding steroid dienone is 2. The Balaban J connectivity index is 1.15. The lowest BCUT2D eigenvalue weighted by Gasteiger charge is -2.32. The Labute approximate surface area is 357 Å². The van der Waals surface area contributed by atoms with Gasteiger partial charge in [0.1, 0.15) is 12.0 Å². The van der Waals surface area contributed by atoms with Crippen molar-refractivity contribution >= 4 is 23.1 Å². The van der Waals surface area contributed by atoms with E-state index < -0.39 is 0 Å². The van der Waals surface area contributed by atoms with Gasteiger partial charge in [0.25, 0.3) is 0 Å². The van der Waals surface area contributed by atoms with Gasteiger partial charge in [0.05, 0.1) is 11.4 Å². The molecule has 9 rings (SSSR count). The molecule has 1 heterocycles. The second kappa shape index (κ2) is 17.5. The highest BCUT2D eigenvalue weighted by molar-refractivity contribution is 6.14. The van der Waals surface area contributed by atoms with Crippen LogP contribution in [0.1, 0.15) is 34.0 Å². The minimum absolute atomic E-state index is 0.297. The average molecular weight is 786 g/mol. The molecule has 61 heavy (non-hydrogen) atoms. The fourth-order valence-electron chi connectivity index (χ4n) is 7.94. The molecule has 2 N–H and O–H groups in total. The van der Waals surface area contributed by atoms with Crippen LogP contribution in [0.3, 0.4) is 0 Å². The number of hydrogen-bond acceptors (Lipinski definition) is 5. The van der Waals surface area contributed by atoms with Gasteiger partial charge in [-0.3, -0.25) is 0 Å². The maximum Gasteiger partial charge on any atom is 0.159 e. The molecule has 0 aromatic heterocycles. The van der Waals surface area contributed by atoms with Gasteiger partial charge < -0.3 is 15.7 Å². The van der Waals surface area contributed by atoms with Gasteiger partial charge in [-0.2, -0.15) is 0 Å². The van der Waals surface area contributed by atoms with Crippen molar-refractivity contribution < 1.29 is 0 Å². The largest absolute Gasteiger partial charge is 0.333 e. The molecule has 1 atom stereocenters. The molecule has 8 aromatic rings. The van der Waals surface area contributed by atoms with Gasteiger partial charge in [-0.1, -0.05) is 212 Å². The minimum Gasteiger partial charge on any atom is -0.333 e. The zero-order valence-corrected chi connectivity index (χ0v) is 33.8. The molecule has 0 saturated carbocycles. The predicted octanol–water partition coefficient (Wildman–Crippen LogP) is 13.2. The summed E-state index contributed by atoms with van der Waals surface area (Å²) in [6, 6.07) is 72.8. The van der Waals surface area contributed by atoms with Gasteiger partial charge in [-0.15, -0.1) is 0 Å². The molecule has 1 aliphatic heterocycles. The van der Waals surface area contributed by atoms with Crippen LogP contribution >= 0.6 is 0 Å². The first-order valence-corrected chi connectivity index (χ1v) is 20.4. The highest BCUT2D eigenvalue weighted by Gasteiger charge is 2.27. The monoisotopic (exact) mass is 785 g/mol. The maximum absolute atomic E-state index is 8.90. The Morgan fingerprint density at radius 1 is 0.426 bits per heavy atom. The van der Waals surface area contributed by atoms with Gasteiger partial charge in [-0.05, 0) is 73.4 Å². The number of nitrogens with zero attached hydrogens (tertiary/aromatic N) is 3. The van der Waals surface area contributed by atoms with E-state index in [4.69, 9.17) is 20.8 Å². The molecule has 1 aliphatic rings. The minimum atomic E-state index is -0.297. The molecule has 1 unspecified atom stereocenters. The van der Waals surface area contributed by atoms with Gasteiger partial charge in [0.15, 0.2) is 5.84 Å². The summed E-state index contributed by atoms with van der Waals surface area (Å²) >= 11 is 0. The lowest BCUT2D eigenvalue weighted by atomic mass is 9.82. The number of nitrogens with one attached hydrogen (secondary N) is 2. The topological polar surface area (TPSA) is 75.7 Å². The molecule has 5 heteroatoms. The molecule has 292 valence electrons. The third kappa shape index (κ3) is 8.18. The third-order valence-corrected chi connectivity index (χ3v) is 11.1. The van der Waals surface area contributed by atoms with Crippen LogP contribution in [0.25, 0.3) is 44.5 Å². The summed E-state index contributed by atoms with van der Waals surface area (Å²) in [5, 5.41) is 17.4. The van der Waals surface area contributed by atoms with E-state index in [0.717, 1.165) is 78.2 Å². The fourth-order valence-corrected chi connectivity index (χ4v) is 7.94. The average Bonchev–Trinajstić information content (AvgIpc) is 3.34. The zero-order chi connectivity index (χ0) is 41.5. The Morgan fingerprint density at radius 3 is 1.30 bits per heavy atom. The number of rotatable bonds is 11. The van der Waals surface area contributed by atoms with E-state index in [9.17, 15) is 0 Å². The molecular formula is C56H43N5. The highest BCUT2D eigenvalue weighted by Crippen LogP contribution is 2.46. The first-order valence-electron chi connectivity index (χ1n) is 20.4. The van der Waals surface area contributed by atoms with Crippen LogP contribution in [0.15, 0.2) is 234 Å². The number of benzene rings is 8. The Bertz CT molecular complexity index is 2900. The van der Waals surface area contributed by atoms with Crippen LogP contribution in [0.4, 0.5) is 0 Å². The first-order chi connectivity index (χ1) is 30.0. The number of hydrogen-bond donors (Lipinski definition) is 2. The first kappa shape index (κ1) is 38.5. The van der Waals surface area contributed by atoms with Crippen molar-refractivity contribution in [1.29, 1.82) is 10.8 Å². The lowest BCUT2D eigenvalue weighted by molar-refractivity contribution is 0.383. The van der Waals surface area contributed by atoms with E-state index in [1.54, 1.807) is 12.2 Å². The van der Waals surface area contributed by atoms with Gasteiger partial charge >= 0.3 is 0 Å². The van der Waals surface area contributed by atoms with Crippen LogP contribution in [0, 0.1) is 10.8 Å². The molecule has 0 fully saturated rings. The van der Waals surface area contributed by atoms with Crippen molar-refractivity contribution in [3.8, 4) is 44.5 Å². The molecule has 0 bridgehead atoms. The smallest absolute Gasteiger partial charge is 0.159 e. The molecule has 0 aliphatic carbocycles. The SMILES string of the molecule is CN1C(c2ccccc2)=NC(c2ccccc2)=NC1c1ccc(-c2c(-c3ccccc3)ccc(-c3ccccc3)c2-c2ccc(C(=N)/C=C\C(=N)c3ccccc3)cc2)cc1. The maximum atomic E-state index is 8.90. The summed E-state index contributed by atoms with van der Waals surface area (Å²) in [5.41, 5.74) is 14.2. The Hall–Kier alpha value is -8.02.